The van der Waals surface area contributed by atoms with Crippen molar-refractivity contribution in [1.82, 2.24) is 15.8 Å². The maximum absolute atomic E-state index is 13.4. The molecular weight excluding hydrogens is 431 g/mol. The highest BCUT2D eigenvalue weighted by Gasteiger charge is 2.22. The van der Waals surface area contributed by atoms with Crippen LogP contribution in [0.25, 0.3) is 0 Å². The van der Waals surface area contributed by atoms with Crippen molar-refractivity contribution in [3.05, 3.63) is 39.9 Å². The Kier molecular flexibility index (Phi) is 7.27. The van der Waals surface area contributed by atoms with Crippen molar-refractivity contribution >= 4 is 33.2 Å². The van der Waals surface area contributed by atoms with E-state index in [0.717, 1.165) is 12.8 Å². The maximum atomic E-state index is 13.4. The minimum absolute atomic E-state index is 0.0305. The Morgan fingerprint density at radius 1 is 1.29 bits per heavy atom. The van der Waals surface area contributed by atoms with Crippen LogP contribution in [-0.2, 0) is 11.2 Å². The number of aromatic nitrogens is 2. The third kappa shape index (κ3) is 5.45. The molecule has 150 valence electrons. The zero-order valence-corrected chi connectivity index (χ0v) is 16.9. The van der Waals surface area contributed by atoms with Gasteiger partial charge in [0.15, 0.2) is 11.5 Å². The van der Waals surface area contributed by atoms with Crippen molar-refractivity contribution in [3.63, 3.8) is 0 Å². The molecule has 0 amide bonds. The first-order valence-electron chi connectivity index (χ1n) is 9.34. The van der Waals surface area contributed by atoms with Gasteiger partial charge < -0.3 is 0 Å². The Bertz CT molecular complexity index is 847. The Labute approximate surface area is 170 Å². The third-order valence-corrected chi connectivity index (χ3v) is 5.49. The molecule has 0 radical (unpaired) electrons. The van der Waals surface area contributed by atoms with Gasteiger partial charge in [0.05, 0.1) is 16.6 Å². The van der Waals surface area contributed by atoms with Crippen LogP contribution in [0.4, 0.5) is 10.1 Å². The van der Waals surface area contributed by atoms with Crippen molar-refractivity contribution in [2.45, 2.75) is 51.4 Å². The number of ketones is 1. The molecular formula is C19H22BrFN4O3. The minimum Gasteiger partial charge on any atom is -0.299 e. The number of hydrogen-bond donors (Lipinski definition) is 2. The fourth-order valence-electron chi connectivity index (χ4n) is 3.47. The first kappa shape index (κ1) is 20.6. The van der Waals surface area contributed by atoms with Gasteiger partial charge in [-0.3, -0.25) is 15.5 Å². The van der Waals surface area contributed by atoms with E-state index in [2.05, 4.69) is 31.2 Å². The molecule has 0 unspecified atom stereocenters. The van der Waals surface area contributed by atoms with Gasteiger partial charge in [0.1, 0.15) is 17.3 Å². The third-order valence-electron chi connectivity index (χ3n) is 4.89. The Hall–Kier alpha value is -2.13. The lowest BCUT2D eigenvalue weighted by molar-refractivity contribution is -0.119. The Morgan fingerprint density at radius 2 is 2.04 bits per heavy atom. The highest BCUT2D eigenvalue weighted by Crippen LogP contribution is 2.26. The summed E-state index contributed by atoms with van der Waals surface area (Å²) in [4.78, 5) is 16.7. The molecule has 2 N–H and O–H groups in total. The van der Waals surface area contributed by atoms with Crippen LogP contribution in [0, 0.1) is 11.7 Å². The molecule has 9 heteroatoms. The summed E-state index contributed by atoms with van der Waals surface area (Å²) in [6.45, 7) is 0. The average molecular weight is 453 g/mol. The summed E-state index contributed by atoms with van der Waals surface area (Å²) < 4.78 is 18.4. The standard InChI is InChI=1S/C19H22BrFN4O3/c20-15-10-13(7-8-16(15)21)22-19(23-27)18-17(24-28-25-18)11-14(26)9-12-5-3-1-2-4-6-12/h7-8,10,12,27H,1-6,9,11H2,(H,22,23). The summed E-state index contributed by atoms with van der Waals surface area (Å²) in [5.41, 5.74) is 2.79. The number of carbonyl (C=O) groups excluding carboxylic acids is 1. The normalized spacial score (nSPS) is 16.0. The van der Waals surface area contributed by atoms with Crippen molar-refractivity contribution in [2.75, 3.05) is 0 Å². The summed E-state index contributed by atoms with van der Waals surface area (Å²) in [6, 6.07) is 4.15. The van der Waals surface area contributed by atoms with E-state index >= 15 is 0 Å². The van der Waals surface area contributed by atoms with Crippen LogP contribution in [-0.4, -0.2) is 27.1 Å². The largest absolute Gasteiger partial charge is 0.299 e. The lowest BCUT2D eigenvalue weighted by Gasteiger charge is -2.12. The second kappa shape index (κ2) is 9.88. The number of carbonyl (C=O) groups is 1. The predicted molar refractivity (Wildman–Crippen MR) is 104 cm³/mol. The maximum Gasteiger partial charge on any atom is 0.182 e. The number of amidine groups is 1. The fourth-order valence-corrected chi connectivity index (χ4v) is 3.83. The Morgan fingerprint density at radius 3 is 2.71 bits per heavy atom. The number of nitrogens with zero attached hydrogens (tertiary/aromatic N) is 3. The van der Waals surface area contributed by atoms with E-state index in [4.69, 9.17) is 4.63 Å². The Balaban J connectivity index is 1.72. The molecule has 1 aliphatic rings. The van der Waals surface area contributed by atoms with Crippen molar-refractivity contribution in [1.29, 1.82) is 0 Å². The van der Waals surface area contributed by atoms with E-state index < -0.39 is 5.82 Å². The monoisotopic (exact) mass is 452 g/mol. The molecule has 1 fully saturated rings. The van der Waals surface area contributed by atoms with Gasteiger partial charge in [0.2, 0.25) is 0 Å². The van der Waals surface area contributed by atoms with E-state index in [1.54, 1.807) is 0 Å². The molecule has 0 aliphatic heterocycles. The quantitative estimate of drug-likeness (QED) is 0.289. The van der Waals surface area contributed by atoms with Gasteiger partial charge in [-0.15, -0.1) is 0 Å². The van der Waals surface area contributed by atoms with Gasteiger partial charge in [-0.05, 0) is 45.2 Å². The number of Topliss-reactive ketones (excluding diaryl/α,β-unsaturated/α-hetero) is 1. The number of benzene rings is 1. The van der Waals surface area contributed by atoms with E-state index in [1.807, 2.05) is 5.48 Å². The number of rotatable bonds is 6. The van der Waals surface area contributed by atoms with Gasteiger partial charge in [0, 0.05) is 6.42 Å². The second-order valence-electron chi connectivity index (χ2n) is 7.01. The van der Waals surface area contributed by atoms with Gasteiger partial charge in [0.25, 0.3) is 0 Å². The van der Waals surface area contributed by atoms with Crippen LogP contribution in [0.5, 0.6) is 0 Å². The first-order valence-corrected chi connectivity index (χ1v) is 10.1. The smallest absolute Gasteiger partial charge is 0.182 e. The average Bonchev–Trinajstić information content (AvgIpc) is 2.97. The second-order valence-corrected chi connectivity index (χ2v) is 7.86. The summed E-state index contributed by atoms with van der Waals surface area (Å²) in [6.07, 6.45) is 7.56. The number of nitrogens with one attached hydrogen (secondary N) is 1. The van der Waals surface area contributed by atoms with Gasteiger partial charge in [-0.2, -0.15) is 0 Å². The van der Waals surface area contributed by atoms with Crippen LogP contribution in [0.3, 0.4) is 0 Å². The number of halogens is 2. The van der Waals surface area contributed by atoms with Crippen LogP contribution < -0.4 is 5.48 Å². The fraction of sp³-hybridized carbons (Fsp3) is 0.474. The van der Waals surface area contributed by atoms with Crippen LogP contribution in [0.2, 0.25) is 0 Å². The number of aliphatic imine (C=N–C) groups is 1. The van der Waals surface area contributed by atoms with Crippen LogP contribution in [0.1, 0.15) is 56.3 Å². The van der Waals surface area contributed by atoms with Crippen molar-refractivity contribution in [2.24, 2.45) is 10.9 Å². The van der Waals surface area contributed by atoms with E-state index in [0.29, 0.717) is 23.7 Å². The first-order chi connectivity index (χ1) is 13.6. The zero-order chi connectivity index (χ0) is 19.9. The summed E-state index contributed by atoms with van der Waals surface area (Å²) >= 11 is 3.09. The zero-order valence-electron chi connectivity index (χ0n) is 15.3. The molecule has 3 rings (SSSR count). The predicted octanol–water partition coefficient (Wildman–Crippen LogP) is 4.50. The van der Waals surface area contributed by atoms with Gasteiger partial charge in [-0.25, -0.2) is 14.0 Å². The molecule has 0 bridgehead atoms. The molecule has 28 heavy (non-hydrogen) atoms. The highest BCUT2D eigenvalue weighted by molar-refractivity contribution is 9.10. The summed E-state index contributed by atoms with van der Waals surface area (Å²) in [5, 5.41) is 17.0. The topological polar surface area (TPSA) is 101 Å². The van der Waals surface area contributed by atoms with E-state index in [1.165, 1.54) is 43.9 Å². The van der Waals surface area contributed by atoms with Gasteiger partial charge in [-0.1, -0.05) is 43.7 Å². The van der Waals surface area contributed by atoms with Crippen LogP contribution >= 0.6 is 15.9 Å². The molecule has 1 heterocycles. The number of hydroxylamine groups is 1. The molecule has 2 aromatic rings. The summed E-state index contributed by atoms with van der Waals surface area (Å²) in [5.74, 6) is 0.0204. The molecule has 1 saturated carbocycles. The molecule has 7 nitrogen and oxygen atoms in total. The molecule has 0 saturated heterocycles. The van der Waals surface area contributed by atoms with Crippen LogP contribution in [0.15, 0.2) is 32.3 Å². The molecule has 0 atom stereocenters. The van der Waals surface area contributed by atoms with E-state index in [-0.39, 0.29) is 28.2 Å². The summed E-state index contributed by atoms with van der Waals surface area (Å²) in [7, 11) is 0. The number of hydrogen-bond acceptors (Lipinski definition) is 6. The highest BCUT2D eigenvalue weighted by atomic mass is 79.9. The van der Waals surface area contributed by atoms with E-state index in [9.17, 15) is 14.4 Å². The molecule has 1 aliphatic carbocycles. The van der Waals surface area contributed by atoms with Crippen molar-refractivity contribution in [3.8, 4) is 0 Å². The molecule has 1 aromatic carbocycles. The van der Waals surface area contributed by atoms with Crippen molar-refractivity contribution < 1.29 is 19.0 Å². The SMILES string of the molecule is O=C(Cc1nonc1C(=Nc1ccc(F)c(Br)c1)NO)CC1CCCCCC1. The molecule has 0 spiro atoms. The lowest BCUT2D eigenvalue weighted by Crippen LogP contribution is -2.23. The minimum atomic E-state index is -0.426. The molecule has 1 aromatic heterocycles. The lowest BCUT2D eigenvalue weighted by atomic mass is 9.93. The van der Waals surface area contributed by atoms with Gasteiger partial charge >= 0.3 is 0 Å².